The van der Waals surface area contributed by atoms with Gasteiger partial charge in [0.15, 0.2) is 6.10 Å². The number of benzene rings is 1. The fraction of sp³-hybridized carbons (Fsp3) is 0.250. The quantitative estimate of drug-likeness (QED) is 0.855. The first kappa shape index (κ1) is 13.5. The number of halogens is 4. The van der Waals surface area contributed by atoms with Crippen LogP contribution in [0.2, 0.25) is 0 Å². The van der Waals surface area contributed by atoms with E-state index in [1.54, 1.807) is 13.0 Å². The molecule has 0 aliphatic rings. The highest BCUT2D eigenvalue weighted by atomic mass is 19.4. The van der Waals surface area contributed by atoms with Crippen molar-refractivity contribution in [2.45, 2.75) is 19.2 Å². The van der Waals surface area contributed by atoms with Crippen LogP contribution in [0.3, 0.4) is 0 Å². The summed E-state index contributed by atoms with van der Waals surface area (Å²) < 4.78 is 52.0. The summed E-state index contributed by atoms with van der Waals surface area (Å²) in [4.78, 5) is 0. The third-order valence-electron chi connectivity index (χ3n) is 2.56. The van der Waals surface area contributed by atoms with Gasteiger partial charge in [0.1, 0.15) is 5.82 Å². The largest absolute Gasteiger partial charge is 0.418 e. The third-order valence-corrected chi connectivity index (χ3v) is 2.56. The molecule has 1 unspecified atom stereocenters. The summed E-state index contributed by atoms with van der Waals surface area (Å²) in [6.45, 7) is 1.67. The van der Waals surface area contributed by atoms with E-state index in [1.165, 1.54) is 10.9 Å². The number of aliphatic hydroxyl groups excluding tert-OH is 1. The number of hydrogen-bond donors (Lipinski definition) is 1. The van der Waals surface area contributed by atoms with Gasteiger partial charge in [0, 0.05) is 11.8 Å². The molecule has 1 heterocycles. The Balaban J connectivity index is 2.56. The van der Waals surface area contributed by atoms with Crippen molar-refractivity contribution in [3.63, 3.8) is 0 Å². The first-order valence-corrected chi connectivity index (χ1v) is 5.36. The zero-order valence-electron chi connectivity index (χ0n) is 9.82. The van der Waals surface area contributed by atoms with Crippen LogP contribution >= 0.6 is 0 Å². The number of aromatic nitrogens is 2. The molecule has 1 aromatic heterocycles. The van der Waals surface area contributed by atoms with Crippen LogP contribution in [-0.4, -0.2) is 21.1 Å². The van der Waals surface area contributed by atoms with Crippen molar-refractivity contribution in [1.82, 2.24) is 9.78 Å². The molecular formula is C12H10F4N2O. The van der Waals surface area contributed by atoms with Gasteiger partial charge < -0.3 is 5.11 Å². The fourth-order valence-corrected chi connectivity index (χ4v) is 1.68. The molecule has 2 rings (SSSR count). The van der Waals surface area contributed by atoms with Crippen LogP contribution in [0.25, 0.3) is 5.69 Å². The zero-order chi connectivity index (χ0) is 14.2. The highest BCUT2D eigenvalue weighted by Gasteiger charge is 2.41. The fourth-order valence-electron chi connectivity index (χ4n) is 1.68. The van der Waals surface area contributed by atoms with Crippen molar-refractivity contribution in [3.8, 4) is 5.69 Å². The Morgan fingerprint density at radius 1 is 1.26 bits per heavy atom. The van der Waals surface area contributed by atoms with Crippen molar-refractivity contribution in [2.24, 2.45) is 0 Å². The summed E-state index contributed by atoms with van der Waals surface area (Å²) in [7, 11) is 0. The van der Waals surface area contributed by atoms with Gasteiger partial charge in [-0.15, -0.1) is 0 Å². The van der Waals surface area contributed by atoms with Gasteiger partial charge in [0.2, 0.25) is 0 Å². The minimum absolute atomic E-state index is 0.0145. The second-order valence-corrected chi connectivity index (χ2v) is 4.05. The molecule has 0 fully saturated rings. The zero-order valence-corrected chi connectivity index (χ0v) is 9.82. The average molecular weight is 274 g/mol. The Morgan fingerprint density at radius 2 is 1.95 bits per heavy atom. The van der Waals surface area contributed by atoms with Crippen LogP contribution in [0.1, 0.15) is 17.4 Å². The van der Waals surface area contributed by atoms with Crippen molar-refractivity contribution < 1.29 is 22.7 Å². The second kappa shape index (κ2) is 4.65. The van der Waals surface area contributed by atoms with Crippen molar-refractivity contribution in [3.05, 3.63) is 47.5 Å². The van der Waals surface area contributed by atoms with E-state index < -0.39 is 23.7 Å². The lowest BCUT2D eigenvalue weighted by Crippen LogP contribution is -2.22. The minimum Gasteiger partial charge on any atom is -0.379 e. The van der Waals surface area contributed by atoms with E-state index in [-0.39, 0.29) is 5.69 Å². The normalized spacial score (nSPS) is 13.6. The Labute approximate surface area is 106 Å². The first-order valence-electron chi connectivity index (χ1n) is 5.36. The second-order valence-electron chi connectivity index (χ2n) is 4.05. The average Bonchev–Trinajstić information content (AvgIpc) is 2.73. The van der Waals surface area contributed by atoms with Gasteiger partial charge >= 0.3 is 6.18 Å². The molecule has 0 radical (unpaired) electrons. The van der Waals surface area contributed by atoms with E-state index in [4.69, 9.17) is 0 Å². The molecule has 2 aromatic rings. The van der Waals surface area contributed by atoms with E-state index in [9.17, 15) is 22.7 Å². The van der Waals surface area contributed by atoms with E-state index in [1.807, 2.05) is 0 Å². The van der Waals surface area contributed by atoms with Crippen molar-refractivity contribution in [1.29, 1.82) is 0 Å². The van der Waals surface area contributed by atoms with Gasteiger partial charge in [-0.2, -0.15) is 18.3 Å². The Bertz CT molecular complexity index is 592. The monoisotopic (exact) mass is 274 g/mol. The maximum absolute atomic E-state index is 13.1. The molecule has 102 valence electrons. The number of alkyl halides is 3. The summed E-state index contributed by atoms with van der Waals surface area (Å²) in [5.41, 5.74) is 0.00620. The Kier molecular flexibility index (Phi) is 3.32. The van der Waals surface area contributed by atoms with Gasteiger partial charge in [0.25, 0.3) is 0 Å². The van der Waals surface area contributed by atoms with Gasteiger partial charge in [-0.05, 0) is 31.2 Å². The number of rotatable bonds is 2. The SMILES string of the molecule is Cc1ccn(-c2ccc(F)cc2C(O)C(F)(F)F)n1. The van der Waals surface area contributed by atoms with Crippen LogP contribution in [0.5, 0.6) is 0 Å². The predicted molar refractivity (Wildman–Crippen MR) is 59.3 cm³/mol. The smallest absolute Gasteiger partial charge is 0.379 e. The third kappa shape index (κ3) is 2.76. The number of aryl methyl sites for hydroxylation is 1. The Morgan fingerprint density at radius 3 is 2.47 bits per heavy atom. The molecular weight excluding hydrogens is 264 g/mol. The first-order chi connectivity index (χ1) is 8.79. The highest BCUT2D eigenvalue weighted by molar-refractivity contribution is 5.42. The predicted octanol–water partition coefficient (Wildman–Crippen LogP) is 2.92. The lowest BCUT2D eigenvalue weighted by Gasteiger charge is -2.18. The molecule has 0 bridgehead atoms. The number of hydrogen-bond acceptors (Lipinski definition) is 2. The highest BCUT2D eigenvalue weighted by Crippen LogP contribution is 2.35. The van der Waals surface area contributed by atoms with Crippen LogP contribution in [0.15, 0.2) is 30.5 Å². The van der Waals surface area contributed by atoms with Gasteiger partial charge in [-0.1, -0.05) is 0 Å². The van der Waals surface area contributed by atoms with Crippen molar-refractivity contribution in [2.75, 3.05) is 0 Å². The van der Waals surface area contributed by atoms with E-state index in [0.717, 1.165) is 12.1 Å². The molecule has 1 atom stereocenters. The summed E-state index contributed by atoms with van der Waals surface area (Å²) in [6, 6.07) is 4.41. The topological polar surface area (TPSA) is 38.0 Å². The molecule has 0 saturated heterocycles. The summed E-state index contributed by atoms with van der Waals surface area (Å²) in [5.74, 6) is -0.856. The molecule has 0 aliphatic heterocycles. The van der Waals surface area contributed by atoms with Crippen molar-refractivity contribution >= 4 is 0 Å². The lowest BCUT2D eigenvalue weighted by atomic mass is 10.1. The van der Waals surface area contributed by atoms with Gasteiger partial charge in [-0.3, -0.25) is 0 Å². The molecule has 1 N–H and O–H groups in total. The standard InChI is InChI=1S/C12H10F4N2O/c1-7-4-5-18(17-7)10-3-2-8(13)6-9(10)11(19)12(14,15)16/h2-6,11,19H,1H3. The molecule has 7 heteroatoms. The maximum Gasteiger partial charge on any atom is 0.418 e. The molecule has 1 aromatic carbocycles. The van der Waals surface area contributed by atoms with Gasteiger partial charge in [0.05, 0.1) is 11.4 Å². The van der Waals surface area contributed by atoms with E-state index >= 15 is 0 Å². The van der Waals surface area contributed by atoms with Crippen LogP contribution in [-0.2, 0) is 0 Å². The molecule has 3 nitrogen and oxygen atoms in total. The van der Waals surface area contributed by atoms with Gasteiger partial charge in [-0.25, -0.2) is 9.07 Å². The summed E-state index contributed by atoms with van der Waals surface area (Å²) in [6.07, 6.45) is -6.19. The lowest BCUT2D eigenvalue weighted by molar-refractivity contribution is -0.206. The molecule has 19 heavy (non-hydrogen) atoms. The minimum atomic E-state index is -4.87. The van der Waals surface area contributed by atoms with Crippen LogP contribution < -0.4 is 0 Å². The number of nitrogens with zero attached hydrogens (tertiary/aromatic N) is 2. The van der Waals surface area contributed by atoms with Crippen LogP contribution in [0, 0.1) is 12.7 Å². The van der Waals surface area contributed by atoms with E-state index in [0.29, 0.717) is 11.8 Å². The molecule has 0 amide bonds. The van der Waals surface area contributed by atoms with Crippen LogP contribution in [0.4, 0.5) is 17.6 Å². The summed E-state index contributed by atoms with van der Waals surface area (Å²) in [5, 5.41) is 13.2. The molecule has 0 saturated carbocycles. The van der Waals surface area contributed by atoms with E-state index in [2.05, 4.69) is 5.10 Å². The number of aliphatic hydroxyl groups is 1. The molecule has 0 aliphatic carbocycles. The summed E-state index contributed by atoms with van der Waals surface area (Å²) >= 11 is 0. The maximum atomic E-state index is 13.1. The molecule has 0 spiro atoms. The Hall–Kier alpha value is -1.89.